The summed E-state index contributed by atoms with van der Waals surface area (Å²) in [5.41, 5.74) is 3.29. The van der Waals surface area contributed by atoms with E-state index >= 15 is 0 Å². The van der Waals surface area contributed by atoms with E-state index in [1.165, 1.54) is 5.56 Å². The maximum atomic E-state index is 12.2. The Morgan fingerprint density at radius 2 is 1.61 bits per heavy atom. The summed E-state index contributed by atoms with van der Waals surface area (Å²) in [6.45, 7) is 6.50. The molecule has 0 aliphatic carbocycles. The minimum Gasteiger partial charge on any atom is -0.492 e. The minimum atomic E-state index is -3.51. The van der Waals surface area contributed by atoms with Gasteiger partial charge in [0.25, 0.3) is 0 Å². The summed E-state index contributed by atoms with van der Waals surface area (Å²) < 4.78 is 33.4. The first kappa shape index (κ1) is 18.0. The maximum Gasteiger partial charge on any atom is 0.240 e. The summed E-state index contributed by atoms with van der Waals surface area (Å²) in [6.07, 6.45) is 0. The molecule has 6 heteroatoms. The van der Waals surface area contributed by atoms with Crippen LogP contribution in [-0.4, -0.2) is 21.6 Å². The summed E-state index contributed by atoms with van der Waals surface area (Å²) in [4.78, 5) is 0.239. The average Bonchev–Trinajstić information content (AvgIpc) is 2.45. The Bertz CT molecular complexity index is 763. The van der Waals surface area contributed by atoms with E-state index in [2.05, 4.69) is 20.7 Å². The Labute approximate surface area is 146 Å². The fourth-order valence-corrected chi connectivity index (χ4v) is 3.70. The first-order chi connectivity index (χ1) is 10.8. The van der Waals surface area contributed by atoms with Crippen LogP contribution in [-0.2, 0) is 10.0 Å². The van der Waals surface area contributed by atoms with Crippen molar-refractivity contribution in [1.82, 2.24) is 4.72 Å². The van der Waals surface area contributed by atoms with Crippen molar-refractivity contribution < 1.29 is 13.2 Å². The van der Waals surface area contributed by atoms with E-state index in [4.69, 9.17) is 4.74 Å². The molecule has 2 rings (SSSR count). The third-order valence-corrected chi connectivity index (χ3v) is 5.37. The lowest BCUT2D eigenvalue weighted by molar-refractivity contribution is 0.318. The molecule has 0 fully saturated rings. The molecule has 0 saturated carbocycles. The highest BCUT2D eigenvalue weighted by atomic mass is 79.9. The van der Waals surface area contributed by atoms with E-state index < -0.39 is 10.0 Å². The highest BCUT2D eigenvalue weighted by Gasteiger charge is 2.13. The first-order valence-corrected chi connectivity index (χ1v) is 9.53. The van der Waals surface area contributed by atoms with Gasteiger partial charge in [0.15, 0.2) is 0 Å². The van der Waals surface area contributed by atoms with Crippen molar-refractivity contribution >= 4 is 26.0 Å². The Morgan fingerprint density at radius 3 is 2.17 bits per heavy atom. The van der Waals surface area contributed by atoms with E-state index in [0.29, 0.717) is 0 Å². The van der Waals surface area contributed by atoms with Crippen molar-refractivity contribution in [3.63, 3.8) is 0 Å². The van der Waals surface area contributed by atoms with Crippen LogP contribution in [0.1, 0.15) is 16.7 Å². The second kappa shape index (κ2) is 7.47. The van der Waals surface area contributed by atoms with Crippen molar-refractivity contribution in [1.29, 1.82) is 0 Å². The molecule has 0 saturated heterocycles. The predicted molar refractivity (Wildman–Crippen MR) is 95.5 cm³/mol. The molecule has 0 unspecified atom stereocenters. The molecule has 0 amide bonds. The Kier molecular flexibility index (Phi) is 5.84. The van der Waals surface area contributed by atoms with Gasteiger partial charge in [0.05, 0.1) is 4.90 Å². The number of aryl methyl sites for hydroxylation is 3. The standard InChI is InChI=1S/C17H20BrNO3S/c1-12-10-13(2)17(14(3)11-12)22-9-8-19-23(20,21)16-6-4-15(18)5-7-16/h4-7,10-11,19H,8-9H2,1-3H3. The van der Waals surface area contributed by atoms with E-state index in [0.717, 1.165) is 21.3 Å². The first-order valence-electron chi connectivity index (χ1n) is 7.25. The molecule has 23 heavy (non-hydrogen) atoms. The number of sulfonamides is 1. The quantitative estimate of drug-likeness (QED) is 0.755. The molecule has 2 aromatic rings. The van der Waals surface area contributed by atoms with Gasteiger partial charge >= 0.3 is 0 Å². The third kappa shape index (κ3) is 4.80. The third-order valence-electron chi connectivity index (χ3n) is 3.37. The minimum absolute atomic E-state index is 0.213. The summed E-state index contributed by atoms with van der Waals surface area (Å²) in [7, 11) is -3.51. The van der Waals surface area contributed by atoms with Gasteiger partial charge in [-0.05, 0) is 56.2 Å². The Hall–Kier alpha value is -1.37. The zero-order valence-corrected chi connectivity index (χ0v) is 15.8. The van der Waals surface area contributed by atoms with E-state index in [1.54, 1.807) is 24.3 Å². The smallest absolute Gasteiger partial charge is 0.240 e. The fourth-order valence-electron chi connectivity index (χ4n) is 2.42. The molecule has 0 heterocycles. The molecule has 0 radical (unpaired) electrons. The summed E-state index contributed by atoms with van der Waals surface area (Å²) >= 11 is 3.29. The van der Waals surface area contributed by atoms with Crippen molar-refractivity contribution in [3.05, 3.63) is 57.6 Å². The number of benzene rings is 2. The van der Waals surface area contributed by atoms with Crippen LogP contribution in [0.25, 0.3) is 0 Å². The zero-order valence-electron chi connectivity index (χ0n) is 13.4. The van der Waals surface area contributed by atoms with Gasteiger partial charge in [0.2, 0.25) is 10.0 Å². The van der Waals surface area contributed by atoms with Crippen LogP contribution >= 0.6 is 15.9 Å². The lowest BCUT2D eigenvalue weighted by Gasteiger charge is -2.13. The van der Waals surface area contributed by atoms with Gasteiger partial charge in [-0.15, -0.1) is 0 Å². The van der Waals surface area contributed by atoms with Gasteiger partial charge in [-0.3, -0.25) is 0 Å². The lowest BCUT2D eigenvalue weighted by atomic mass is 10.1. The number of ether oxygens (including phenoxy) is 1. The second-order valence-electron chi connectivity index (χ2n) is 5.43. The molecule has 0 spiro atoms. The lowest BCUT2D eigenvalue weighted by Crippen LogP contribution is -2.28. The second-order valence-corrected chi connectivity index (χ2v) is 8.11. The SMILES string of the molecule is Cc1cc(C)c(OCCNS(=O)(=O)c2ccc(Br)cc2)c(C)c1. The summed E-state index contributed by atoms with van der Waals surface area (Å²) in [6, 6.07) is 10.6. The van der Waals surface area contributed by atoms with Crippen LogP contribution in [0.3, 0.4) is 0 Å². The van der Waals surface area contributed by atoms with Gasteiger partial charge in [0, 0.05) is 11.0 Å². The molecule has 2 aromatic carbocycles. The average molecular weight is 398 g/mol. The molecule has 124 valence electrons. The highest BCUT2D eigenvalue weighted by Crippen LogP contribution is 2.24. The van der Waals surface area contributed by atoms with Crippen LogP contribution in [0.5, 0.6) is 5.75 Å². The van der Waals surface area contributed by atoms with Crippen LogP contribution in [0.15, 0.2) is 45.8 Å². The van der Waals surface area contributed by atoms with Gasteiger partial charge in [-0.25, -0.2) is 13.1 Å². The summed E-state index contributed by atoms with van der Waals surface area (Å²) in [5.74, 6) is 0.818. The molecular weight excluding hydrogens is 378 g/mol. The number of nitrogens with one attached hydrogen (secondary N) is 1. The van der Waals surface area contributed by atoms with Gasteiger partial charge in [-0.1, -0.05) is 33.6 Å². The molecule has 1 N–H and O–H groups in total. The van der Waals surface area contributed by atoms with E-state index in [-0.39, 0.29) is 18.0 Å². The van der Waals surface area contributed by atoms with Crippen LogP contribution in [0, 0.1) is 20.8 Å². The Morgan fingerprint density at radius 1 is 1.04 bits per heavy atom. The molecule has 0 bridgehead atoms. The van der Waals surface area contributed by atoms with Gasteiger partial charge in [0.1, 0.15) is 12.4 Å². The van der Waals surface area contributed by atoms with E-state index in [9.17, 15) is 8.42 Å². The van der Waals surface area contributed by atoms with Crippen molar-refractivity contribution in [2.45, 2.75) is 25.7 Å². The molecular formula is C17H20BrNO3S. The number of hydrogen-bond donors (Lipinski definition) is 1. The van der Waals surface area contributed by atoms with Crippen molar-refractivity contribution in [3.8, 4) is 5.75 Å². The number of hydrogen-bond acceptors (Lipinski definition) is 3. The summed E-state index contributed by atoms with van der Waals surface area (Å²) in [5, 5.41) is 0. The fraction of sp³-hybridized carbons (Fsp3) is 0.294. The van der Waals surface area contributed by atoms with Gasteiger partial charge in [-0.2, -0.15) is 0 Å². The molecule has 0 atom stereocenters. The Balaban J connectivity index is 1.94. The maximum absolute atomic E-state index is 12.2. The van der Waals surface area contributed by atoms with Gasteiger partial charge < -0.3 is 4.74 Å². The predicted octanol–water partition coefficient (Wildman–Crippen LogP) is 3.73. The van der Waals surface area contributed by atoms with Crippen molar-refractivity contribution in [2.24, 2.45) is 0 Å². The number of halogens is 1. The molecule has 0 aliphatic rings. The molecule has 0 aliphatic heterocycles. The van der Waals surface area contributed by atoms with E-state index in [1.807, 2.05) is 32.9 Å². The number of rotatable bonds is 6. The highest BCUT2D eigenvalue weighted by molar-refractivity contribution is 9.10. The van der Waals surface area contributed by atoms with Crippen LogP contribution in [0.2, 0.25) is 0 Å². The molecule has 4 nitrogen and oxygen atoms in total. The van der Waals surface area contributed by atoms with Crippen molar-refractivity contribution in [2.75, 3.05) is 13.2 Å². The largest absolute Gasteiger partial charge is 0.492 e. The molecule has 0 aromatic heterocycles. The monoisotopic (exact) mass is 397 g/mol. The topological polar surface area (TPSA) is 55.4 Å². The zero-order chi connectivity index (χ0) is 17.0. The van der Waals surface area contributed by atoms with Crippen LogP contribution in [0.4, 0.5) is 0 Å². The van der Waals surface area contributed by atoms with Crippen LogP contribution < -0.4 is 9.46 Å². The normalized spacial score (nSPS) is 11.5.